The molecule has 76 valence electrons. The number of rotatable bonds is 4. The van der Waals surface area contributed by atoms with E-state index in [1.807, 2.05) is 0 Å². The predicted octanol–water partition coefficient (Wildman–Crippen LogP) is 0.511. The second-order valence-electron chi connectivity index (χ2n) is 3.18. The fraction of sp³-hybridized carbons (Fsp3) is 0.750. The molecule has 0 saturated carbocycles. The number of carboxylic acid groups (broad SMARTS) is 1. The third kappa shape index (κ3) is 5.95. The Kier molecular flexibility index (Phi) is 4.87. The van der Waals surface area contributed by atoms with E-state index in [4.69, 9.17) is 5.11 Å². The maximum atomic E-state index is 11.1. The maximum absolute atomic E-state index is 11.1. The molecule has 0 rings (SSSR count). The van der Waals surface area contributed by atoms with Crippen molar-refractivity contribution in [2.24, 2.45) is 0 Å². The first-order valence-electron chi connectivity index (χ1n) is 4.13. The van der Waals surface area contributed by atoms with Crippen molar-refractivity contribution in [1.29, 1.82) is 0 Å². The van der Waals surface area contributed by atoms with E-state index in [1.54, 1.807) is 21.0 Å². The van der Waals surface area contributed by atoms with E-state index in [0.29, 0.717) is 12.8 Å². The van der Waals surface area contributed by atoms with E-state index in [0.717, 1.165) is 0 Å². The molecule has 0 aliphatic carbocycles. The SMILES string of the molecule is CC(CCC(=O)N(C)C)NC(=O)O. The van der Waals surface area contributed by atoms with Crippen molar-refractivity contribution in [3.8, 4) is 0 Å². The number of hydrogen-bond acceptors (Lipinski definition) is 2. The van der Waals surface area contributed by atoms with Gasteiger partial charge in [0.05, 0.1) is 0 Å². The van der Waals surface area contributed by atoms with Crippen molar-refractivity contribution in [1.82, 2.24) is 10.2 Å². The first-order chi connectivity index (χ1) is 5.93. The zero-order valence-corrected chi connectivity index (χ0v) is 8.20. The second-order valence-corrected chi connectivity index (χ2v) is 3.18. The Morgan fingerprint density at radius 2 is 2.00 bits per heavy atom. The van der Waals surface area contributed by atoms with Crippen LogP contribution in [-0.2, 0) is 4.79 Å². The van der Waals surface area contributed by atoms with E-state index in [1.165, 1.54) is 4.90 Å². The van der Waals surface area contributed by atoms with E-state index in [9.17, 15) is 9.59 Å². The second kappa shape index (κ2) is 5.40. The molecule has 1 atom stereocenters. The van der Waals surface area contributed by atoms with E-state index in [-0.39, 0.29) is 11.9 Å². The van der Waals surface area contributed by atoms with E-state index < -0.39 is 6.09 Å². The average molecular weight is 188 g/mol. The minimum Gasteiger partial charge on any atom is -0.465 e. The molecule has 0 saturated heterocycles. The van der Waals surface area contributed by atoms with Gasteiger partial charge in [0.1, 0.15) is 0 Å². The number of carbonyl (C=O) groups is 2. The lowest BCUT2D eigenvalue weighted by molar-refractivity contribution is -0.128. The normalized spacial score (nSPS) is 11.9. The number of carbonyl (C=O) groups excluding carboxylic acids is 1. The average Bonchev–Trinajstić information content (AvgIpc) is 1.98. The van der Waals surface area contributed by atoms with Gasteiger partial charge in [0.25, 0.3) is 0 Å². The molecule has 0 heterocycles. The number of nitrogens with one attached hydrogen (secondary N) is 1. The van der Waals surface area contributed by atoms with Crippen molar-refractivity contribution in [3.63, 3.8) is 0 Å². The minimum atomic E-state index is -1.05. The van der Waals surface area contributed by atoms with Crippen molar-refractivity contribution in [2.75, 3.05) is 14.1 Å². The van der Waals surface area contributed by atoms with E-state index >= 15 is 0 Å². The first-order valence-corrected chi connectivity index (χ1v) is 4.13. The van der Waals surface area contributed by atoms with Crippen LogP contribution in [0.2, 0.25) is 0 Å². The molecule has 5 nitrogen and oxygen atoms in total. The number of amides is 2. The number of nitrogens with zero attached hydrogens (tertiary/aromatic N) is 1. The van der Waals surface area contributed by atoms with Gasteiger partial charge in [0, 0.05) is 26.6 Å². The Hall–Kier alpha value is -1.26. The smallest absolute Gasteiger partial charge is 0.404 e. The Morgan fingerprint density at radius 1 is 1.46 bits per heavy atom. The standard InChI is InChI=1S/C8H16N2O3/c1-6(9-8(12)13)4-5-7(11)10(2)3/h6,9H,4-5H2,1-3H3,(H,12,13). The third-order valence-electron chi connectivity index (χ3n) is 1.66. The van der Waals surface area contributed by atoms with Crippen LogP contribution in [0.1, 0.15) is 19.8 Å². The minimum absolute atomic E-state index is 0.0130. The van der Waals surface area contributed by atoms with Crippen LogP contribution >= 0.6 is 0 Å². The summed E-state index contributed by atoms with van der Waals surface area (Å²) in [5.74, 6) is 0.0130. The zero-order chi connectivity index (χ0) is 10.4. The van der Waals surface area contributed by atoms with Gasteiger partial charge in [-0.05, 0) is 13.3 Å². The van der Waals surface area contributed by atoms with Crippen LogP contribution in [0.15, 0.2) is 0 Å². The van der Waals surface area contributed by atoms with Crippen LogP contribution in [0.3, 0.4) is 0 Å². The van der Waals surface area contributed by atoms with Gasteiger partial charge in [-0.2, -0.15) is 0 Å². The van der Waals surface area contributed by atoms with Gasteiger partial charge in [-0.1, -0.05) is 0 Å². The Labute approximate surface area is 77.7 Å². The van der Waals surface area contributed by atoms with Gasteiger partial charge < -0.3 is 15.3 Å². The van der Waals surface area contributed by atoms with Crippen LogP contribution in [-0.4, -0.2) is 42.1 Å². The Bertz CT molecular complexity index is 192. The monoisotopic (exact) mass is 188 g/mol. The Morgan fingerprint density at radius 3 is 2.38 bits per heavy atom. The van der Waals surface area contributed by atoms with Crippen LogP contribution in [0.5, 0.6) is 0 Å². The predicted molar refractivity (Wildman–Crippen MR) is 48.6 cm³/mol. The molecule has 0 aliphatic heterocycles. The van der Waals surface area contributed by atoms with Gasteiger partial charge in [-0.25, -0.2) is 4.79 Å². The van der Waals surface area contributed by atoms with Crippen LogP contribution in [0, 0.1) is 0 Å². The summed E-state index contributed by atoms with van der Waals surface area (Å²) in [6, 6.07) is -0.179. The summed E-state index contributed by atoms with van der Waals surface area (Å²) in [5.41, 5.74) is 0. The topological polar surface area (TPSA) is 69.6 Å². The molecule has 2 N–H and O–H groups in total. The molecule has 0 spiro atoms. The molecule has 0 aromatic rings. The zero-order valence-electron chi connectivity index (χ0n) is 8.20. The van der Waals surface area contributed by atoms with Crippen molar-refractivity contribution in [2.45, 2.75) is 25.8 Å². The third-order valence-corrected chi connectivity index (χ3v) is 1.66. The molecule has 0 bridgehead atoms. The van der Waals surface area contributed by atoms with E-state index in [2.05, 4.69) is 5.32 Å². The van der Waals surface area contributed by atoms with Crippen LogP contribution in [0.25, 0.3) is 0 Å². The molecule has 0 aromatic carbocycles. The lowest BCUT2D eigenvalue weighted by Crippen LogP contribution is -2.32. The first kappa shape index (κ1) is 11.7. The fourth-order valence-corrected chi connectivity index (χ4v) is 0.847. The molecule has 1 unspecified atom stereocenters. The van der Waals surface area contributed by atoms with Crippen molar-refractivity contribution in [3.05, 3.63) is 0 Å². The highest BCUT2D eigenvalue weighted by Gasteiger charge is 2.09. The molecule has 2 amide bonds. The summed E-state index contributed by atoms with van der Waals surface area (Å²) >= 11 is 0. The van der Waals surface area contributed by atoms with Crippen LogP contribution in [0.4, 0.5) is 4.79 Å². The van der Waals surface area contributed by atoms with Gasteiger partial charge in [-0.3, -0.25) is 4.79 Å². The maximum Gasteiger partial charge on any atom is 0.404 e. The summed E-state index contributed by atoms with van der Waals surface area (Å²) in [6.07, 6.45) is -0.151. The summed E-state index contributed by atoms with van der Waals surface area (Å²) in [5, 5.41) is 10.6. The van der Waals surface area contributed by atoms with Crippen molar-refractivity contribution >= 4 is 12.0 Å². The molecule has 0 fully saturated rings. The van der Waals surface area contributed by atoms with Gasteiger partial charge in [0.2, 0.25) is 5.91 Å². The molecule has 13 heavy (non-hydrogen) atoms. The van der Waals surface area contributed by atoms with Crippen LogP contribution < -0.4 is 5.32 Å². The lowest BCUT2D eigenvalue weighted by Gasteiger charge is -2.13. The Balaban J connectivity index is 3.63. The fourth-order valence-electron chi connectivity index (χ4n) is 0.847. The summed E-state index contributed by atoms with van der Waals surface area (Å²) in [7, 11) is 3.36. The highest BCUT2D eigenvalue weighted by Crippen LogP contribution is 1.98. The van der Waals surface area contributed by atoms with Gasteiger partial charge in [-0.15, -0.1) is 0 Å². The highest BCUT2D eigenvalue weighted by atomic mass is 16.4. The van der Waals surface area contributed by atoms with Gasteiger partial charge in [0.15, 0.2) is 0 Å². The number of hydrogen-bond donors (Lipinski definition) is 2. The summed E-state index contributed by atoms with van der Waals surface area (Å²) in [4.78, 5) is 22.8. The molecule has 0 aliphatic rings. The summed E-state index contributed by atoms with van der Waals surface area (Å²) in [6.45, 7) is 1.73. The molecule has 0 radical (unpaired) electrons. The highest BCUT2D eigenvalue weighted by molar-refractivity contribution is 5.75. The quantitative estimate of drug-likeness (QED) is 0.675. The van der Waals surface area contributed by atoms with Gasteiger partial charge >= 0.3 is 6.09 Å². The molecular formula is C8H16N2O3. The van der Waals surface area contributed by atoms with Crippen molar-refractivity contribution < 1.29 is 14.7 Å². The molecule has 5 heteroatoms. The molecule has 0 aromatic heterocycles. The largest absolute Gasteiger partial charge is 0.465 e. The lowest BCUT2D eigenvalue weighted by atomic mass is 10.2. The molecular weight excluding hydrogens is 172 g/mol. The summed E-state index contributed by atoms with van der Waals surface area (Å²) < 4.78 is 0.